The zero-order valence-electron chi connectivity index (χ0n) is 13.0. The monoisotopic (exact) mass is 441 g/mol. The van der Waals surface area contributed by atoms with E-state index in [4.69, 9.17) is 0 Å². The van der Waals surface area contributed by atoms with Crippen molar-refractivity contribution in [2.24, 2.45) is 0 Å². The van der Waals surface area contributed by atoms with Gasteiger partial charge in [0, 0.05) is 10.1 Å². The molecule has 2 aromatic carbocycles. The van der Waals surface area contributed by atoms with Gasteiger partial charge in [0.15, 0.2) is 0 Å². The van der Waals surface area contributed by atoms with Crippen molar-refractivity contribution in [3.63, 3.8) is 0 Å². The number of halogens is 1. The minimum absolute atomic E-state index is 0.129. The molecule has 1 unspecified atom stereocenters. The molecular weight excluding hydrogens is 426 g/mol. The average molecular weight is 442 g/mol. The molecule has 0 aliphatic rings. The van der Waals surface area contributed by atoms with Crippen LogP contribution < -0.4 is 4.31 Å². The topological polar surface area (TPSA) is 77.8 Å². The normalized spacial score (nSPS) is 13.1. The molecule has 1 aromatic heterocycles. The Morgan fingerprint density at radius 1 is 1.08 bits per heavy atom. The highest BCUT2D eigenvalue weighted by atomic mass is 79.9. The number of aliphatic hydroxyl groups excluding tert-OH is 2. The molecule has 0 amide bonds. The van der Waals surface area contributed by atoms with Crippen molar-refractivity contribution in [3.05, 3.63) is 59.1 Å². The van der Waals surface area contributed by atoms with Crippen LogP contribution in [0.15, 0.2) is 64.0 Å². The molecule has 0 aliphatic heterocycles. The summed E-state index contributed by atoms with van der Waals surface area (Å²) in [5, 5.41) is 20.5. The van der Waals surface area contributed by atoms with Gasteiger partial charge in [-0.1, -0.05) is 36.4 Å². The Morgan fingerprint density at radius 2 is 1.72 bits per heavy atom. The van der Waals surface area contributed by atoms with Crippen LogP contribution in [0.1, 0.15) is 0 Å². The molecule has 0 bridgehead atoms. The minimum atomic E-state index is -3.89. The molecule has 0 radical (unpaired) electrons. The third kappa shape index (κ3) is 3.58. The van der Waals surface area contributed by atoms with E-state index in [2.05, 4.69) is 15.9 Å². The lowest BCUT2D eigenvalue weighted by Crippen LogP contribution is -2.38. The first-order valence-electron chi connectivity index (χ1n) is 7.49. The van der Waals surface area contributed by atoms with Crippen molar-refractivity contribution in [2.45, 2.75) is 11.0 Å². The molecule has 3 aromatic rings. The maximum Gasteiger partial charge on any atom is 0.265 e. The number of hydrogen-bond acceptors (Lipinski definition) is 5. The Labute approximate surface area is 158 Å². The van der Waals surface area contributed by atoms with Crippen molar-refractivity contribution >= 4 is 52.4 Å². The Morgan fingerprint density at radius 3 is 2.36 bits per heavy atom. The van der Waals surface area contributed by atoms with Crippen LogP contribution in [-0.4, -0.2) is 37.9 Å². The van der Waals surface area contributed by atoms with Crippen molar-refractivity contribution in [3.8, 4) is 0 Å². The summed E-state index contributed by atoms with van der Waals surface area (Å²) in [6.07, 6.45) is -1.18. The first kappa shape index (κ1) is 18.3. The van der Waals surface area contributed by atoms with E-state index in [0.717, 1.165) is 14.4 Å². The lowest BCUT2D eigenvalue weighted by molar-refractivity contribution is 0.103. The van der Waals surface area contributed by atoms with Crippen molar-refractivity contribution in [1.29, 1.82) is 0 Å². The van der Waals surface area contributed by atoms with Gasteiger partial charge >= 0.3 is 0 Å². The fourth-order valence-corrected chi connectivity index (χ4v) is 6.32. The summed E-state index contributed by atoms with van der Waals surface area (Å²) in [6, 6.07) is 15.6. The second-order valence-electron chi connectivity index (χ2n) is 5.40. The second-order valence-corrected chi connectivity index (χ2v) is 9.09. The van der Waals surface area contributed by atoms with E-state index in [1.54, 1.807) is 18.2 Å². The number of hydrogen-bond donors (Lipinski definition) is 2. The fourth-order valence-electron chi connectivity index (χ4n) is 2.42. The van der Waals surface area contributed by atoms with E-state index in [9.17, 15) is 18.6 Å². The number of aliphatic hydroxyl groups is 2. The van der Waals surface area contributed by atoms with Crippen molar-refractivity contribution in [2.75, 3.05) is 17.5 Å². The Kier molecular flexibility index (Phi) is 5.45. The Bertz CT molecular complexity index is 973. The lowest BCUT2D eigenvalue weighted by atomic mass is 10.3. The highest BCUT2D eigenvalue weighted by molar-refractivity contribution is 9.10. The third-order valence-corrected chi connectivity index (χ3v) is 7.82. The number of thiophene rings is 1. The number of sulfonamides is 1. The largest absolute Gasteiger partial charge is 0.394 e. The predicted molar refractivity (Wildman–Crippen MR) is 104 cm³/mol. The van der Waals surface area contributed by atoms with Crippen LogP contribution in [0.5, 0.6) is 0 Å². The number of nitrogens with zero attached hydrogens (tertiary/aromatic N) is 1. The van der Waals surface area contributed by atoms with Gasteiger partial charge < -0.3 is 10.2 Å². The van der Waals surface area contributed by atoms with Crippen LogP contribution in [0.3, 0.4) is 0 Å². The Hall–Kier alpha value is -1.45. The molecular formula is C17H16BrNO4S2. The number of fused-ring (bicyclic) bond motifs is 1. The van der Waals surface area contributed by atoms with Gasteiger partial charge in [0.25, 0.3) is 10.0 Å². The quantitative estimate of drug-likeness (QED) is 0.615. The van der Waals surface area contributed by atoms with Crippen molar-refractivity contribution in [1.82, 2.24) is 0 Å². The molecule has 8 heteroatoms. The van der Waals surface area contributed by atoms with Crippen LogP contribution >= 0.6 is 27.3 Å². The molecule has 3 rings (SSSR count). The summed E-state index contributed by atoms with van der Waals surface area (Å²) in [7, 11) is -3.89. The summed E-state index contributed by atoms with van der Waals surface area (Å²) in [4.78, 5) is 0.129. The van der Waals surface area contributed by atoms with Gasteiger partial charge in [-0.2, -0.15) is 0 Å². The van der Waals surface area contributed by atoms with E-state index in [0.29, 0.717) is 9.47 Å². The van der Waals surface area contributed by atoms with E-state index in [-0.39, 0.29) is 11.4 Å². The molecule has 5 nitrogen and oxygen atoms in total. The van der Waals surface area contributed by atoms with E-state index in [1.807, 2.05) is 24.3 Å². The van der Waals surface area contributed by atoms with E-state index < -0.39 is 22.7 Å². The van der Waals surface area contributed by atoms with Gasteiger partial charge in [-0.3, -0.25) is 4.31 Å². The maximum absolute atomic E-state index is 13.1. The molecule has 1 heterocycles. The third-order valence-electron chi connectivity index (χ3n) is 3.66. The summed E-state index contributed by atoms with van der Waals surface area (Å²) < 4.78 is 29.0. The van der Waals surface area contributed by atoms with Crippen LogP contribution in [0.2, 0.25) is 0 Å². The fraction of sp³-hybridized carbons (Fsp3) is 0.176. The smallest absolute Gasteiger partial charge is 0.265 e. The zero-order chi connectivity index (χ0) is 18.0. The molecule has 1 atom stereocenters. The van der Waals surface area contributed by atoms with Gasteiger partial charge in [-0.25, -0.2) is 8.42 Å². The molecule has 132 valence electrons. The molecule has 0 spiro atoms. The van der Waals surface area contributed by atoms with Gasteiger partial charge in [0.1, 0.15) is 5.00 Å². The number of anilines is 1. The number of benzene rings is 2. The molecule has 0 fully saturated rings. The first-order chi connectivity index (χ1) is 11.9. The van der Waals surface area contributed by atoms with Gasteiger partial charge in [-0.15, -0.1) is 11.3 Å². The van der Waals surface area contributed by atoms with Crippen LogP contribution in [-0.2, 0) is 10.0 Å². The molecule has 0 saturated carbocycles. The molecule has 2 N–H and O–H groups in total. The molecule has 25 heavy (non-hydrogen) atoms. The van der Waals surface area contributed by atoms with Crippen LogP contribution in [0, 0.1) is 0 Å². The summed E-state index contributed by atoms with van der Waals surface area (Å²) in [6.45, 7) is -0.761. The Balaban J connectivity index is 2.16. The van der Waals surface area contributed by atoms with Crippen LogP contribution in [0.4, 0.5) is 5.00 Å². The highest BCUT2D eigenvalue weighted by Crippen LogP contribution is 2.43. The predicted octanol–water partition coefficient (Wildman–Crippen LogP) is 3.21. The van der Waals surface area contributed by atoms with Gasteiger partial charge in [-0.05, 0) is 34.1 Å². The summed E-state index contributed by atoms with van der Waals surface area (Å²) in [5.41, 5.74) is 0. The van der Waals surface area contributed by atoms with Gasteiger partial charge in [0.05, 0.1) is 28.6 Å². The van der Waals surface area contributed by atoms with Gasteiger partial charge in [0.2, 0.25) is 0 Å². The highest BCUT2D eigenvalue weighted by Gasteiger charge is 2.30. The first-order valence-corrected chi connectivity index (χ1v) is 10.5. The van der Waals surface area contributed by atoms with E-state index in [1.165, 1.54) is 23.5 Å². The van der Waals surface area contributed by atoms with Crippen molar-refractivity contribution < 1.29 is 18.6 Å². The molecule has 0 aliphatic carbocycles. The van der Waals surface area contributed by atoms with E-state index >= 15 is 0 Å². The minimum Gasteiger partial charge on any atom is -0.394 e. The molecule has 0 saturated heterocycles. The SMILES string of the molecule is O=S(=O)(c1ccccc1)N(CC(O)CO)c1sc2ccccc2c1Br. The summed E-state index contributed by atoms with van der Waals surface area (Å²) >= 11 is 4.80. The van der Waals surface area contributed by atoms with Crippen LogP contribution in [0.25, 0.3) is 10.1 Å². The number of rotatable bonds is 6. The second kappa shape index (κ2) is 7.43. The standard InChI is InChI=1S/C17H16BrNO4S2/c18-16-14-8-4-5-9-15(14)24-17(16)19(10-12(21)11-20)25(22,23)13-6-2-1-3-7-13/h1-9,12,20-21H,10-11H2. The zero-order valence-corrected chi connectivity index (χ0v) is 16.3. The summed E-state index contributed by atoms with van der Waals surface area (Å²) in [5.74, 6) is 0. The average Bonchev–Trinajstić information content (AvgIpc) is 2.96. The maximum atomic E-state index is 13.1. The lowest BCUT2D eigenvalue weighted by Gasteiger charge is -2.25.